The molecule has 0 radical (unpaired) electrons. The van der Waals surface area contributed by atoms with E-state index in [1.165, 1.54) is 0 Å². The predicted octanol–water partition coefficient (Wildman–Crippen LogP) is 7.26. The number of hydrogen-bond acceptors (Lipinski definition) is 6. The Labute approximate surface area is 211 Å². The largest absolute Gasteiger partial charge is 0.497 e. The van der Waals surface area contributed by atoms with Crippen LogP contribution in [-0.4, -0.2) is 24.7 Å². The smallest absolute Gasteiger partial charge is 0.306 e. The molecule has 0 amide bonds. The summed E-state index contributed by atoms with van der Waals surface area (Å²) < 4.78 is 12.7. The Balaban J connectivity index is 1.79. The van der Waals surface area contributed by atoms with Crippen molar-refractivity contribution in [3.8, 4) is 5.75 Å². The second-order valence-corrected chi connectivity index (χ2v) is 9.52. The first-order valence-corrected chi connectivity index (χ1v) is 12.6. The number of aromatic nitrogens is 1. The number of carbonyl (C=O) groups is 1. The monoisotopic (exact) mass is 536 g/mol. The fourth-order valence-corrected chi connectivity index (χ4v) is 4.94. The summed E-state index contributed by atoms with van der Waals surface area (Å²) in [6.07, 6.45) is 2.16. The molecule has 4 aromatic rings. The second-order valence-electron chi connectivity index (χ2n) is 7.57. The highest BCUT2D eigenvalue weighted by molar-refractivity contribution is 9.10. The first-order valence-electron chi connectivity index (χ1n) is 10.9. The fourth-order valence-electron chi connectivity index (χ4n) is 3.64. The highest BCUT2D eigenvalue weighted by Crippen LogP contribution is 2.39. The topological polar surface area (TPSA) is 60.5 Å². The minimum Gasteiger partial charge on any atom is -0.497 e. The van der Waals surface area contributed by atoms with Crippen molar-refractivity contribution in [3.63, 3.8) is 0 Å². The zero-order valence-corrected chi connectivity index (χ0v) is 21.4. The summed E-state index contributed by atoms with van der Waals surface area (Å²) >= 11 is 5.12. The van der Waals surface area contributed by atoms with Crippen molar-refractivity contribution in [1.29, 1.82) is 0 Å². The summed E-state index contributed by atoms with van der Waals surface area (Å²) in [5.74, 6) is 0.307. The number of hydrogen-bond donors (Lipinski definition) is 1. The highest BCUT2D eigenvalue weighted by Gasteiger charge is 2.25. The number of nitrogens with zero attached hydrogens (tertiary/aromatic N) is 1. The normalized spacial score (nSPS) is 12.4. The minimum absolute atomic E-state index is 0.210. The second kappa shape index (κ2) is 11.3. The summed E-state index contributed by atoms with van der Waals surface area (Å²) in [4.78, 5) is 17.5. The molecule has 1 aromatic heterocycles. The Morgan fingerprint density at radius 3 is 2.50 bits per heavy atom. The summed E-state index contributed by atoms with van der Waals surface area (Å²) in [7, 11) is 1.64. The van der Waals surface area contributed by atoms with Crippen LogP contribution < -0.4 is 10.1 Å². The number of esters is 1. The number of fused-ring (bicyclic) bond motifs is 1. The molecule has 1 atom stereocenters. The van der Waals surface area contributed by atoms with Crippen LogP contribution in [-0.2, 0) is 9.53 Å². The maximum Gasteiger partial charge on any atom is 0.306 e. The maximum atomic E-state index is 12.6. The minimum atomic E-state index is -0.244. The number of thiazole rings is 1. The van der Waals surface area contributed by atoms with Gasteiger partial charge in [-0.05, 0) is 61.0 Å². The quantitative estimate of drug-likeness (QED) is 0.228. The zero-order chi connectivity index (χ0) is 23.9. The van der Waals surface area contributed by atoms with Gasteiger partial charge in [-0.1, -0.05) is 40.2 Å². The van der Waals surface area contributed by atoms with Crippen molar-refractivity contribution in [1.82, 2.24) is 4.98 Å². The van der Waals surface area contributed by atoms with Crippen LogP contribution >= 0.6 is 27.3 Å². The van der Waals surface area contributed by atoms with Crippen LogP contribution in [0.15, 0.2) is 83.5 Å². The Morgan fingerprint density at radius 2 is 1.82 bits per heavy atom. The summed E-state index contributed by atoms with van der Waals surface area (Å²) in [5, 5.41) is 4.25. The molecule has 3 aromatic carbocycles. The van der Waals surface area contributed by atoms with Crippen LogP contribution in [0.2, 0.25) is 0 Å². The molecule has 0 aliphatic rings. The van der Waals surface area contributed by atoms with Crippen molar-refractivity contribution in [3.05, 3.63) is 94.0 Å². The van der Waals surface area contributed by atoms with Crippen molar-refractivity contribution >= 4 is 54.7 Å². The highest BCUT2D eigenvalue weighted by atomic mass is 79.9. The SMILES string of the molecule is CCOC(=O)CC(/C(=C/Nc1ccc(OC)cc1)c1nc2ccccc2s1)c1ccc(Br)cc1. The molecule has 0 aliphatic heterocycles. The van der Waals surface area contributed by atoms with Crippen molar-refractivity contribution < 1.29 is 14.3 Å². The molecule has 0 fully saturated rings. The third kappa shape index (κ3) is 5.85. The van der Waals surface area contributed by atoms with E-state index in [9.17, 15) is 4.79 Å². The van der Waals surface area contributed by atoms with E-state index < -0.39 is 0 Å². The van der Waals surface area contributed by atoms with E-state index in [0.717, 1.165) is 42.3 Å². The van der Waals surface area contributed by atoms with Gasteiger partial charge in [-0.2, -0.15) is 0 Å². The van der Waals surface area contributed by atoms with Crippen molar-refractivity contribution in [2.45, 2.75) is 19.3 Å². The number of nitrogens with one attached hydrogen (secondary N) is 1. The van der Waals surface area contributed by atoms with Crippen LogP contribution in [0.5, 0.6) is 5.75 Å². The lowest BCUT2D eigenvalue weighted by Gasteiger charge is -2.20. The van der Waals surface area contributed by atoms with Gasteiger partial charge in [0.15, 0.2) is 0 Å². The van der Waals surface area contributed by atoms with E-state index >= 15 is 0 Å². The van der Waals surface area contributed by atoms with Crippen molar-refractivity contribution in [2.24, 2.45) is 0 Å². The zero-order valence-electron chi connectivity index (χ0n) is 19.0. The summed E-state index contributed by atoms with van der Waals surface area (Å²) in [6.45, 7) is 2.16. The molecule has 0 bridgehead atoms. The average Bonchev–Trinajstić information content (AvgIpc) is 3.28. The molecule has 1 unspecified atom stereocenters. The van der Waals surface area contributed by atoms with Crippen molar-refractivity contribution in [2.75, 3.05) is 19.0 Å². The molecule has 4 rings (SSSR count). The summed E-state index contributed by atoms with van der Waals surface area (Å²) in [6, 6.07) is 23.8. The molecule has 34 heavy (non-hydrogen) atoms. The molecule has 0 aliphatic carbocycles. The number of carbonyl (C=O) groups excluding carboxylic acids is 1. The number of anilines is 1. The number of halogens is 1. The Kier molecular flexibility index (Phi) is 7.98. The molecular weight excluding hydrogens is 512 g/mol. The number of ether oxygens (including phenoxy) is 2. The fraction of sp³-hybridized carbons (Fsp3) is 0.185. The van der Waals surface area contributed by atoms with Crippen LogP contribution in [0.1, 0.15) is 29.8 Å². The lowest BCUT2D eigenvalue weighted by molar-refractivity contribution is -0.143. The van der Waals surface area contributed by atoms with Crippen LogP contribution in [0, 0.1) is 0 Å². The van der Waals surface area contributed by atoms with Gasteiger partial charge in [0.05, 0.1) is 30.4 Å². The van der Waals surface area contributed by atoms with E-state index in [2.05, 4.69) is 27.3 Å². The van der Waals surface area contributed by atoms with E-state index in [-0.39, 0.29) is 18.3 Å². The van der Waals surface area contributed by atoms with Crippen LogP contribution in [0.3, 0.4) is 0 Å². The lowest BCUT2D eigenvalue weighted by Crippen LogP contribution is -2.13. The average molecular weight is 537 g/mol. The van der Waals surface area contributed by atoms with Crippen LogP contribution in [0.4, 0.5) is 5.69 Å². The standard InChI is InChI=1S/C27H25BrN2O3S/c1-3-33-26(31)16-22(18-8-10-19(28)11-9-18)23(17-29-20-12-14-21(32-2)15-13-20)27-30-24-6-4-5-7-25(24)34-27/h4-15,17,22,29H,3,16H2,1-2H3/b23-17-. The predicted molar refractivity (Wildman–Crippen MR) is 142 cm³/mol. The number of rotatable bonds is 9. The third-order valence-electron chi connectivity index (χ3n) is 5.35. The first-order chi connectivity index (χ1) is 16.6. The Bertz CT molecular complexity index is 1250. The molecule has 0 spiro atoms. The molecule has 174 valence electrons. The molecule has 1 N–H and O–H groups in total. The number of para-hydroxylation sites is 1. The van der Waals surface area contributed by atoms with E-state index in [0.29, 0.717) is 6.61 Å². The van der Waals surface area contributed by atoms with Crippen LogP contribution in [0.25, 0.3) is 15.8 Å². The number of benzene rings is 3. The molecule has 0 saturated carbocycles. The molecular formula is C27H25BrN2O3S. The molecule has 0 saturated heterocycles. The molecule has 5 nitrogen and oxygen atoms in total. The molecule has 7 heteroatoms. The van der Waals surface area contributed by atoms with E-state index in [4.69, 9.17) is 14.5 Å². The third-order valence-corrected chi connectivity index (χ3v) is 6.96. The van der Waals surface area contributed by atoms with E-state index in [1.54, 1.807) is 18.4 Å². The summed E-state index contributed by atoms with van der Waals surface area (Å²) in [5.41, 5.74) is 3.78. The van der Waals surface area contributed by atoms with Gasteiger partial charge in [-0.25, -0.2) is 4.98 Å². The van der Waals surface area contributed by atoms with Gasteiger partial charge in [-0.15, -0.1) is 11.3 Å². The first kappa shape index (κ1) is 24.0. The van der Waals surface area contributed by atoms with Gasteiger partial charge >= 0.3 is 5.97 Å². The number of methoxy groups -OCH3 is 1. The van der Waals surface area contributed by atoms with Gasteiger partial charge < -0.3 is 14.8 Å². The van der Waals surface area contributed by atoms with E-state index in [1.807, 2.05) is 79.9 Å². The lowest BCUT2D eigenvalue weighted by atomic mass is 9.88. The van der Waals surface area contributed by atoms with Gasteiger partial charge in [0.25, 0.3) is 0 Å². The van der Waals surface area contributed by atoms with Gasteiger partial charge in [-0.3, -0.25) is 4.79 Å². The Morgan fingerprint density at radius 1 is 1.09 bits per heavy atom. The van der Waals surface area contributed by atoms with Gasteiger partial charge in [0.2, 0.25) is 0 Å². The van der Waals surface area contributed by atoms with Gasteiger partial charge in [0.1, 0.15) is 10.8 Å². The Hall–Kier alpha value is -3.16. The number of allylic oxidation sites excluding steroid dienone is 1. The molecule has 1 heterocycles. The maximum absolute atomic E-state index is 12.6. The van der Waals surface area contributed by atoms with Gasteiger partial charge in [0, 0.05) is 27.9 Å².